The number of benzene rings is 1. The van der Waals surface area contributed by atoms with Gasteiger partial charge in [-0.25, -0.2) is 4.98 Å². The second-order valence-electron chi connectivity index (χ2n) is 5.54. The van der Waals surface area contributed by atoms with Gasteiger partial charge in [-0.15, -0.1) is 12.4 Å². The fraction of sp³-hybridized carbons (Fsp3) is 0.294. The fourth-order valence-corrected chi connectivity index (χ4v) is 2.70. The maximum absolute atomic E-state index is 12.2. The molecular formula is C17H21ClN4O. The molecule has 3 N–H and O–H groups in total. The third kappa shape index (κ3) is 4.36. The first kappa shape index (κ1) is 17.1. The van der Waals surface area contributed by atoms with Crippen molar-refractivity contribution in [3.8, 4) is 0 Å². The number of pyridine rings is 1. The highest BCUT2D eigenvalue weighted by Gasteiger charge is 2.21. The van der Waals surface area contributed by atoms with Crippen molar-refractivity contribution in [2.45, 2.75) is 18.9 Å². The first-order valence-corrected chi connectivity index (χ1v) is 7.55. The molecule has 0 saturated carbocycles. The monoisotopic (exact) mass is 332 g/mol. The lowest BCUT2D eigenvalue weighted by atomic mass is 10.0. The molecule has 0 spiro atoms. The maximum atomic E-state index is 12.2. The van der Waals surface area contributed by atoms with E-state index < -0.39 is 0 Å². The SMILES string of the molecule is Cl.Nc1ccc(C(=O)NC2CCN(c3ccccn3)CC2)cc1. The first-order chi connectivity index (χ1) is 10.7. The number of piperidine rings is 1. The summed E-state index contributed by atoms with van der Waals surface area (Å²) in [5.74, 6) is 0.974. The van der Waals surface area contributed by atoms with Gasteiger partial charge in [0, 0.05) is 36.6 Å². The van der Waals surface area contributed by atoms with Gasteiger partial charge in [-0.05, 0) is 49.2 Å². The van der Waals surface area contributed by atoms with Crippen molar-refractivity contribution in [3.05, 3.63) is 54.2 Å². The Bertz CT molecular complexity index is 625. The first-order valence-electron chi connectivity index (χ1n) is 7.55. The van der Waals surface area contributed by atoms with Gasteiger partial charge < -0.3 is 16.0 Å². The number of anilines is 2. The third-order valence-electron chi connectivity index (χ3n) is 3.98. The number of nitrogens with one attached hydrogen (secondary N) is 1. The number of carbonyl (C=O) groups is 1. The van der Waals surface area contributed by atoms with Gasteiger partial charge in [0.15, 0.2) is 0 Å². The van der Waals surface area contributed by atoms with Crippen LogP contribution in [0.1, 0.15) is 23.2 Å². The van der Waals surface area contributed by atoms with Crippen molar-refractivity contribution in [3.63, 3.8) is 0 Å². The quantitative estimate of drug-likeness (QED) is 0.847. The number of amides is 1. The van der Waals surface area contributed by atoms with Gasteiger partial charge in [0.05, 0.1) is 0 Å². The Morgan fingerprint density at radius 1 is 1.13 bits per heavy atom. The van der Waals surface area contributed by atoms with Crippen molar-refractivity contribution in [2.75, 3.05) is 23.7 Å². The standard InChI is InChI=1S/C17H20N4O.ClH/c18-14-6-4-13(5-7-14)17(22)20-15-8-11-21(12-9-15)16-3-1-2-10-19-16;/h1-7,10,15H,8-9,11-12,18H2,(H,20,22);1H. The Morgan fingerprint density at radius 2 is 1.83 bits per heavy atom. The number of hydrogen-bond donors (Lipinski definition) is 2. The van der Waals surface area contributed by atoms with Crippen molar-refractivity contribution in [1.82, 2.24) is 10.3 Å². The van der Waals surface area contributed by atoms with Crippen LogP contribution in [-0.4, -0.2) is 30.0 Å². The van der Waals surface area contributed by atoms with Gasteiger partial charge in [-0.1, -0.05) is 6.07 Å². The summed E-state index contributed by atoms with van der Waals surface area (Å²) in [6.07, 6.45) is 3.67. The van der Waals surface area contributed by atoms with Crippen LogP contribution in [0.5, 0.6) is 0 Å². The molecule has 0 unspecified atom stereocenters. The minimum Gasteiger partial charge on any atom is -0.399 e. The van der Waals surface area contributed by atoms with Crippen LogP contribution in [0, 0.1) is 0 Å². The number of nitrogens with zero attached hydrogens (tertiary/aromatic N) is 2. The van der Waals surface area contributed by atoms with E-state index in [-0.39, 0.29) is 24.4 Å². The molecule has 6 heteroatoms. The van der Waals surface area contributed by atoms with Gasteiger partial charge in [-0.2, -0.15) is 0 Å². The van der Waals surface area contributed by atoms with Gasteiger partial charge >= 0.3 is 0 Å². The van der Waals surface area contributed by atoms with Crippen LogP contribution in [0.4, 0.5) is 11.5 Å². The van der Waals surface area contributed by atoms with Crippen LogP contribution >= 0.6 is 12.4 Å². The van der Waals surface area contributed by atoms with Crippen molar-refractivity contribution in [2.24, 2.45) is 0 Å². The molecule has 2 heterocycles. The van der Waals surface area contributed by atoms with E-state index in [1.54, 1.807) is 24.3 Å². The van der Waals surface area contributed by atoms with Crippen molar-refractivity contribution in [1.29, 1.82) is 0 Å². The molecule has 1 aliphatic rings. The average Bonchev–Trinajstić information content (AvgIpc) is 2.57. The second-order valence-corrected chi connectivity index (χ2v) is 5.54. The molecule has 0 aliphatic carbocycles. The Labute approximate surface area is 142 Å². The number of nitrogen functional groups attached to an aromatic ring is 1. The van der Waals surface area contributed by atoms with Crippen LogP contribution in [-0.2, 0) is 0 Å². The summed E-state index contributed by atoms with van der Waals surface area (Å²) < 4.78 is 0. The van der Waals surface area contributed by atoms with Crippen molar-refractivity contribution >= 4 is 29.8 Å². The number of hydrogen-bond acceptors (Lipinski definition) is 4. The van der Waals surface area contributed by atoms with E-state index in [4.69, 9.17) is 5.73 Å². The summed E-state index contributed by atoms with van der Waals surface area (Å²) in [6.45, 7) is 1.81. The predicted octanol–water partition coefficient (Wildman–Crippen LogP) is 2.48. The van der Waals surface area contributed by atoms with E-state index in [2.05, 4.69) is 15.2 Å². The summed E-state index contributed by atoms with van der Waals surface area (Å²) in [5.41, 5.74) is 6.96. The predicted molar refractivity (Wildman–Crippen MR) is 95.0 cm³/mol. The molecule has 0 bridgehead atoms. The maximum Gasteiger partial charge on any atom is 0.251 e. The molecule has 1 fully saturated rings. The lowest BCUT2D eigenvalue weighted by Crippen LogP contribution is -2.44. The van der Waals surface area contributed by atoms with E-state index in [1.807, 2.05) is 24.4 Å². The smallest absolute Gasteiger partial charge is 0.251 e. The lowest BCUT2D eigenvalue weighted by molar-refractivity contribution is 0.0931. The van der Waals surface area contributed by atoms with Crippen LogP contribution in [0.25, 0.3) is 0 Å². The number of carbonyl (C=O) groups excluding carboxylic acids is 1. The molecular weight excluding hydrogens is 312 g/mol. The Balaban J connectivity index is 0.00000192. The normalized spacial score (nSPS) is 14.9. The Kier molecular flexibility index (Phi) is 5.82. The zero-order valence-corrected chi connectivity index (χ0v) is 13.6. The summed E-state index contributed by atoms with van der Waals surface area (Å²) in [7, 11) is 0. The van der Waals surface area contributed by atoms with E-state index in [0.717, 1.165) is 31.7 Å². The Morgan fingerprint density at radius 3 is 2.43 bits per heavy atom. The van der Waals surface area contributed by atoms with Crippen molar-refractivity contribution < 1.29 is 4.79 Å². The fourth-order valence-electron chi connectivity index (χ4n) is 2.70. The van der Waals surface area contributed by atoms with E-state index in [0.29, 0.717) is 11.3 Å². The van der Waals surface area contributed by atoms with Gasteiger partial charge in [0.1, 0.15) is 5.82 Å². The van der Waals surface area contributed by atoms with Gasteiger partial charge in [0.25, 0.3) is 5.91 Å². The summed E-state index contributed by atoms with van der Waals surface area (Å²) in [6, 6.07) is 13.2. The van der Waals surface area contributed by atoms with E-state index >= 15 is 0 Å². The summed E-state index contributed by atoms with van der Waals surface area (Å²) in [4.78, 5) is 18.8. The molecule has 0 radical (unpaired) electrons. The highest BCUT2D eigenvalue weighted by molar-refractivity contribution is 5.94. The summed E-state index contributed by atoms with van der Waals surface area (Å²) in [5, 5.41) is 3.10. The lowest BCUT2D eigenvalue weighted by Gasteiger charge is -2.33. The number of rotatable bonds is 3. The number of halogens is 1. The van der Waals surface area contributed by atoms with Gasteiger partial charge in [-0.3, -0.25) is 4.79 Å². The molecule has 1 amide bonds. The zero-order chi connectivity index (χ0) is 15.4. The molecule has 3 rings (SSSR count). The highest BCUT2D eigenvalue weighted by Crippen LogP contribution is 2.17. The van der Waals surface area contributed by atoms with Crippen LogP contribution < -0.4 is 16.0 Å². The number of aromatic nitrogens is 1. The van der Waals surface area contributed by atoms with Gasteiger partial charge in [0.2, 0.25) is 0 Å². The highest BCUT2D eigenvalue weighted by atomic mass is 35.5. The van der Waals surface area contributed by atoms with Crippen LogP contribution in [0.2, 0.25) is 0 Å². The Hall–Kier alpha value is -2.27. The molecule has 23 heavy (non-hydrogen) atoms. The molecule has 1 aromatic carbocycles. The summed E-state index contributed by atoms with van der Waals surface area (Å²) >= 11 is 0. The molecule has 5 nitrogen and oxygen atoms in total. The van der Waals surface area contributed by atoms with Crippen LogP contribution in [0.3, 0.4) is 0 Å². The molecule has 1 aliphatic heterocycles. The van der Waals surface area contributed by atoms with Crippen LogP contribution in [0.15, 0.2) is 48.7 Å². The molecule has 2 aromatic rings. The average molecular weight is 333 g/mol. The molecule has 1 aromatic heterocycles. The topological polar surface area (TPSA) is 71.2 Å². The minimum absolute atomic E-state index is 0. The molecule has 1 saturated heterocycles. The molecule has 0 atom stereocenters. The number of nitrogens with two attached hydrogens (primary N) is 1. The molecule has 122 valence electrons. The van der Waals surface area contributed by atoms with E-state index in [9.17, 15) is 4.79 Å². The largest absolute Gasteiger partial charge is 0.399 e. The minimum atomic E-state index is -0.0312. The van der Waals surface area contributed by atoms with E-state index in [1.165, 1.54) is 0 Å². The zero-order valence-electron chi connectivity index (χ0n) is 12.8. The third-order valence-corrected chi connectivity index (χ3v) is 3.98. The second kappa shape index (κ2) is 7.83.